The molecule has 0 bridgehead atoms. The maximum absolute atomic E-state index is 12.0. The molecule has 0 fully saturated rings. The fourth-order valence-electron chi connectivity index (χ4n) is 0.945. The summed E-state index contributed by atoms with van der Waals surface area (Å²) >= 11 is 0. The van der Waals surface area contributed by atoms with Gasteiger partial charge < -0.3 is 14.3 Å². The van der Waals surface area contributed by atoms with Crippen molar-refractivity contribution in [3.63, 3.8) is 0 Å². The molecule has 0 saturated carbocycles. The average Bonchev–Trinajstić information content (AvgIpc) is 2.32. The number of likely N-dealkylation sites (N-methyl/N-ethyl adjacent to an activating group) is 1. The van der Waals surface area contributed by atoms with Crippen LogP contribution in [0.15, 0.2) is 0 Å². The van der Waals surface area contributed by atoms with Gasteiger partial charge in [-0.25, -0.2) is 4.57 Å². The number of hydrogen-bond acceptors (Lipinski definition) is 7. The summed E-state index contributed by atoms with van der Waals surface area (Å²) in [5, 5.41) is 9.35. The van der Waals surface area contributed by atoms with Crippen LogP contribution < -0.4 is 0 Å². The molecule has 1 N–H and O–H groups in total. The van der Waals surface area contributed by atoms with Crippen molar-refractivity contribution < 1.29 is 37.3 Å². The second-order valence-electron chi connectivity index (χ2n) is 4.86. The molecule has 114 valence electrons. The van der Waals surface area contributed by atoms with Crippen LogP contribution in [0.3, 0.4) is 0 Å². The van der Waals surface area contributed by atoms with E-state index in [1.165, 1.54) is 7.11 Å². The number of aliphatic hydroxyl groups is 1. The van der Waals surface area contributed by atoms with Crippen molar-refractivity contribution >= 4 is 14.3 Å². The predicted octanol–water partition coefficient (Wildman–Crippen LogP) is 0.0142. The lowest BCUT2D eigenvalue weighted by Gasteiger charge is -2.24. The maximum atomic E-state index is 12.0. The number of nitrogens with zero attached hydrogens (tertiary/aromatic N) is 1. The monoisotopic (exact) mass is 300 g/mol. The van der Waals surface area contributed by atoms with Gasteiger partial charge in [-0.15, -0.1) is 0 Å². The van der Waals surface area contributed by atoms with Gasteiger partial charge in [-0.2, -0.15) is 0 Å². The van der Waals surface area contributed by atoms with Crippen LogP contribution in [0.1, 0.15) is 0 Å². The highest BCUT2D eigenvalue weighted by molar-refractivity contribution is 7.48. The summed E-state index contributed by atoms with van der Waals surface area (Å²) in [5.74, 6) is 0. The van der Waals surface area contributed by atoms with E-state index in [-0.39, 0.29) is 26.3 Å². The minimum atomic E-state index is -3.69. The third kappa shape index (κ3) is 10.0. The van der Waals surface area contributed by atoms with Gasteiger partial charge >= 0.3 is 7.82 Å². The minimum absolute atomic E-state index is 0.190. The molecular formula is C10H23NO7P+. The normalized spacial score (nSPS) is 16.7. The zero-order valence-corrected chi connectivity index (χ0v) is 12.7. The summed E-state index contributed by atoms with van der Waals surface area (Å²) in [6.07, 6.45) is -1.09. The van der Waals surface area contributed by atoms with Crippen molar-refractivity contribution in [1.29, 1.82) is 0 Å². The Morgan fingerprint density at radius 2 is 1.89 bits per heavy atom. The lowest BCUT2D eigenvalue weighted by molar-refractivity contribution is -0.870. The molecule has 0 aliphatic rings. The van der Waals surface area contributed by atoms with Crippen LogP contribution in [-0.4, -0.2) is 76.8 Å². The molecule has 0 heterocycles. The summed E-state index contributed by atoms with van der Waals surface area (Å²) < 4.78 is 31.6. The highest BCUT2D eigenvalue weighted by Gasteiger charge is 2.27. The Morgan fingerprint density at radius 3 is 2.37 bits per heavy atom. The van der Waals surface area contributed by atoms with Gasteiger partial charge in [0.15, 0.2) is 0 Å². The first kappa shape index (κ1) is 18.5. The summed E-state index contributed by atoms with van der Waals surface area (Å²) in [4.78, 5) is 9.92. The highest BCUT2D eigenvalue weighted by atomic mass is 31.2. The zero-order valence-electron chi connectivity index (χ0n) is 11.8. The van der Waals surface area contributed by atoms with Gasteiger partial charge in [0.25, 0.3) is 6.47 Å². The van der Waals surface area contributed by atoms with Crippen LogP contribution in [-0.2, 0) is 27.7 Å². The quantitative estimate of drug-likeness (QED) is 0.326. The predicted molar refractivity (Wildman–Crippen MR) is 67.4 cm³/mol. The Morgan fingerprint density at radius 1 is 1.26 bits per heavy atom. The molecule has 2 unspecified atom stereocenters. The summed E-state index contributed by atoms with van der Waals surface area (Å²) in [6.45, 7) is 0.454. The molecule has 0 saturated heterocycles. The van der Waals surface area contributed by atoms with Crippen LogP contribution in [0.25, 0.3) is 0 Å². The van der Waals surface area contributed by atoms with Crippen LogP contribution in [0, 0.1) is 0 Å². The lowest BCUT2D eigenvalue weighted by atomic mass is 10.4. The fourth-order valence-corrected chi connectivity index (χ4v) is 1.89. The maximum Gasteiger partial charge on any atom is 0.474 e. The van der Waals surface area contributed by atoms with Crippen molar-refractivity contribution in [3.8, 4) is 0 Å². The van der Waals surface area contributed by atoms with Gasteiger partial charge in [-0.3, -0.25) is 18.4 Å². The number of phosphoric acid groups is 1. The van der Waals surface area contributed by atoms with Gasteiger partial charge in [0.05, 0.1) is 27.7 Å². The molecule has 0 aliphatic heterocycles. The number of rotatable bonds is 11. The first-order valence-electron chi connectivity index (χ1n) is 5.71. The van der Waals surface area contributed by atoms with E-state index in [0.29, 0.717) is 11.0 Å². The number of carbonyl (C=O) groups is 1. The van der Waals surface area contributed by atoms with Crippen LogP contribution in [0.2, 0.25) is 0 Å². The van der Waals surface area contributed by atoms with Gasteiger partial charge in [0, 0.05) is 7.11 Å². The molecule has 0 rings (SSSR count). The number of aliphatic hydroxyl groups excluding tert-OH is 1. The Hall–Kier alpha value is -0.500. The summed E-state index contributed by atoms with van der Waals surface area (Å²) in [6, 6.07) is 0. The molecule has 8 nitrogen and oxygen atoms in total. The van der Waals surface area contributed by atoms with E-state index < -0.39 is 13.9 Å². The Labute approximate surface area is 113 Å². The van der Waals surface area contributed by atoms with Crippen LogP contribution >= 0.6 is 7.82 Å². The van der Waals surface area contributed by atoms with E-state index in [1.807, 2.05) is 21.1 Å². The van der Waals surface area contributed by atoms with Crippen molar-refractivity contribution in [1.82, 2.24) is 0 Å². The minimum Gasteiger partial charge on any atom is -0.465 e. The van der Waals surface area contributed by atoms with Gasteiger partial charge in [0.1, 0.15) is 25.9 Å². The number of ether oxygens (including phenoxy) is 1. The molecule has 0 radical (unpaired) electrons. The lowest BCUT2D eigenvalue weighted by Crippen LogP contribution is -2.37. The van der Waals surface area contributed by atoms with Gasteiger partial charge in [0.2, 0.25) is 0 Å². The van der Waals surface area contributed by atoms with Crippen molar-refractivity contribution in [3.05, 3.63) is 0 Å². The average molecular weight is 300 g/mol. The Bertz CT molecular complexity index is 305. The van der Waals surface area contributed by atoms with E-state index in [1.54, 1.807) is 0 Å². The SMILES string of the molecule is COP(=O)(OCC[N+](C)(C)C)OCC(O)COC=O. The molecule has 0 aromatic rings. The standard InChI is InChI=1S/C10H23NO7P/c1-11(2,3)5-6-17-19(14,15-4)18-8-10(13)7-16-9-12/h9-10,13H,5-8H2,1-4H3/q+1. The molecule has 19 heavy (non-hydrogen) atoms. The number of quaternary nitrogens is 1. The number of carbonyl (C=O) groups excluding carboxylic acids is 1. The van der Waals surface area contributed by atoms with Gasteiger partial charge in [-0.1, -0.05) is 0 Å². The molecule has 0 spiro atoms. The first-order valence-corrected chi connectivity index (χ1v) is 7.17. The molecule has 0 amide bonds. The largest absolute Gasteiger partial charge is 0.474 e. The van der Waals surface area contributed by atoms with Crippen molar-refractivity contribution in [2.45, 2.75) is 6.10 Å². The smallest absolute Gasteiger partial charge is 0.465 e. The van der Waals surface area contributed by atoms with Crippen LogP contribution in [0.4, 0.5) is 0 Å². The van der Waals surface area contributed by atoms with Crippen molar-refractivity contribution in [2.24, 2.45) is 0 Å². The molecule has 9 heteroatoms. The first-order chi connectivity index (χ1) is 8.72. The fraction of sp³-hybridized carbons (Fsp3) is 0.900. The Balaban J connectivity index is 4.08. The van der Waals surface area contributed by atoms with Crippen molar-refractivity contribution in [2.75, 3.05) is 54.6 Å². The summed E-state index contributed by atoms with van der Waals surface area (Å²) in [7, 11) is 3.39. The van der Waals surface area contributed by atoms with E-state index in [0.717, 1.165) is 0 Å². The van der Waals surface area contributed by atoms with E-state index in [9.17, 15) is 14.5 Å². The van der Waals surface area contributed by atoms with Crippen LogP contribution in [0.5, 0.6) is 0 Å². The molecule has 0 aromatic heterocycles. The highest BCUT2D eigenvalue weighted by Crippen LogP contribution is 2.48. The van der Waals surface area contributed by atoms with E-state index in [4.69, 9.17) is 13.6 Å². The number of phosphoric ester groups is 1. The topological polar surface area (TPSA) is 91.3 Å². The van der Waals surface area contributed by atoms with E-state index >= 15 is 0 Å². The molecule has 0 aliphatic carbocycles. The van der Waals surface area contributed by atoms with Gasteiger partial charge in [-0.05, 0) is 0 Å². The molecule has 0 aromatic carbocycles. The van der Waals surface area contributed by atoms with E-state index in [2.05, 4.69) is 4.74 Å². The third-order valence-electron chi connectivity index (χ3n) is 2.02. The second-order valence-corrected chi connectivity index (χ2v) is 6.63. The second kappa shape index (κ2) is 8.63. The molecule has 2 atom stereocenters. The molecular weight excluding hydrogens is 277 g/mol. The Kier molecular flexibility index (Phi) is 8.40. The number of hydrogen-bond donors (Lipinski definition) is 1. The third-order valence-corrected chi connectivity index (χ3v) is 3.43. The zero-order chi connectivity index (χ0) is 14.9. The summed E-state index contributed by atoms with van der Waals surface area (Å²) in [5.41, 5.74) is 0.